The van der Waals surface area contributed by atoms with Crippen molar-refractivity contribution in [3.8, 4) is 0 Å². The topological polar surface area (TPSA) is 32.3 Å². The fourth-order valence-corrected chi connectivity index (χ4v) is 3.47. The minimum Gasteiger partial charge on any atom is -0.321 e. The van der Waals surface area contributed by atoms with Crippen molar-refractivity contribution in [1.29, 1.82) is 0 Å². The Morgan fingerprint density at radius 1 is 1.21 bits per heavy atom. The van der Waals surface area contributed by atoms with Crippen molar-refractivity contribution in [2.45, 2.75) is 51.5 Å². The first-order valence-electron chi connectivity index (χ1n) is 8.64. The zero-order valence-electron chi connectivity index (χ0n) is 14.7. The van der Waals surface area contributed by atoms with Crippen molar-refractivity contribution in [1.82, 2.24) is 4.90 Å². The van der Waals surface area contributed by atoms with Crippen LogP contribution in [0.1, 0.15) is 44.1 Å². The maximum Gasteiger partial charge on any atom is 0.322 e. The minimum absolute atomic E-state index is 0.0255. The molecule has 24 heavy (non-hydrogen) atoms. The van der Waals surface area contributed by atoms with Gasteiger partial charge in [-0.2, -0.15) is 0 Å². The van der Waals surface area contributed by atoms with Crippen LogP contribution in [-0.4, -0.2) is 23.5 Å². The number of urea groups is 1. The molecule has 0 spiro atoms. The lowest BCUT2D eigenvalue weighted by atomic mass is 9.87. The lowest BCUT2D eigenvalue weighted by molar-refractivity contribution is 0.209. The zero-order chi connectivity index (χ0) is 17.2. The number of rotatable bonds is 5. The average molecular weight is 343 g/mol. The number of hydrogen-bond acceptors (Lipinski definition) is 2. The standard InChI is InChI=1S/C20H26N2OS/c1-20(2,3)15-6-8-16(9-7-15)21-19(23)22(17-10-11-17)13-12-18-5-4-14-24-18/h4-9,14,17H,10-13H2,1-3H3,(H,21,23). The van der Waals surface area contributed by atoms with Gasteiger partial charge < -0.3 is 10.2 Å². The Hall–Kier alpha value is -1.81. The summed E-state index contributed by atoms with van der Waals surface area (Å²) in [5.74, 6) is 0. The molecule has 0 aliphatic heterocycles. The molecule has 4 heteroatoms. The van der Waals surface area contributed by atoms with Crippen molar-refractivity contribution in [3.05, 3.63) is 52.2 Å². The van der Waals surface area contributed by atoms with Crippen LogP contribution >= 0.6 is 11.3 Å². The van der Waals surface area contributed by atoms with Gasteiger partial charge in [0.2, 0.25) is 0 Å². The number of thiophene rings is 1. The average Bonchev–Trinajstić information content (AvgIpc) is 3.22. The fraction of sp³-hybridized carbons (Fsp3) is 0.450. The van der Waals surface area contributed by atoms with Crippen LogP contribution in [0.3, 0.4) is 0 Å². The number of carbonyl (C=O) groups is 1. The highest BCUT2D eigenvalue weighted by molar-refractivity contribution is 7.09. The molecule has 0 saturated heterocycles. The SMILES string of the molecule is CC(C)(C)c1ccc(NC(=O)N(CCc2cccs2)C2CC2)cc1. The quantitative estimate of drug-likeness (QED) is 0.787. The molecule has 0 radical (unpaired) electrons. The zero-order valence-corrected chi connectivity index (χ0v) is 15.5. The first-order valence-corrected chi connectivity index (χ1v) is 9.52. The van der Waals surface area contributed by atoms with E-state index in [-0.39, 0.29) is 11.4 Å². The van der Waals surface area contributed by atoms with Gasteiger partial charge in [-0.15, -0.1) is 11.3 Å². The van der Waals surface area contributed by atoms with Crippen molar-refractivity contribution in [2.75, 3.05) is 11.9 Å². The van der Waals surface area contributed by atoms with Crippen LogP contribution in [0.5, 0.6) is 0 Å². The van der Waals surface area contributed by atoms with Crippen LogP contribution in [-0.2, 0) is 11.8 Å². The van der Waals surface area contributed by atoms with Crippen LogP contribution in [0.25, 0.3) is 0 Å². The molecule has 1 aliphatic carbocycles. The lowest BCUT2D eigenvalue weighted by Crippen LogP contribution is -2.38. The van der Waals surface area contributed by atoms with Crippen LogP contribution in [0.4, 0.5) is 10.5 Å². The van der Waals surface area contributed by atoms with Crippen LogP contribution < -0.4 is 5.32 Å². The number of nitrogens with zero attached hydrogens (tertiary/aromatic N) is 1. The summed E-state index contributed by atoms with van der Waals surface area (Å²) >= 11 is 1.76. The summed E-state index contributed by atoms with van der Waals surface area (Å²) in [4.78, 5) is 16.0. The van der Waals surface area contributed by atoms with Crippen molar-refractivity contribution in [3.63, 3.8) is 0 Å². The third-order valence-corrected chi connectivity index (χ3v) is 5.37. The van der Waals surface area contributed by atoms with Gasteiger partial charge in [0.25, 0.3) is 0 Å². The number of benzene rings is 1. The number of anilines is 1. The largest absolute Gasteiger partial charge is 0.322 e. The highest BCUT2D eigenvalue weighted by Gasteiger charge is 2.32. The predicted molar refractivity (Wildman–Crippen MR) is 102 cm³/mol. The van der Waals surface area contributed by atoms with Crippen molar-refractivity contribution in [2.24, 2.45) is 0 Å². The minimum atomic E-state index is 0.0255. The first kappa shape index (κ1) is 17.0. The van der Waals surface area contributed by atoms with E-state index in [1.165, 1.54) is 10.4 Å². The van der Waals surface area contributed by atoms with Crippen LogP contribution in [0, 0.1) is 0 Å². The molecular weight excluding hydrogens is 316 g/mol. The van der Waals surface area contributed by atoms with Crippen molar-refractivity contribution >= 4 is 23.1 Å². The number of carbonyl (C=O) groups excluding carboxylic acids is 1. The van der Waals surface area contributed by atoms with Crippen molar-refractivity contribution < 1.29 is 4.79 Å². The number of nitrogens with one attached hydrogen (secondary N) is 1. The summed E-state index contributed by atoms with van der Waals surface area (Å²) in [5, 5.41) is 5.15. The Morgan fingerprint density at radius 3 is 2.46 bits per heavy atom. The Morgan fingerprint density at radius 2 is 1.92 bits per heavy atom. The highest BCUT2D eigenvalue weighted by atomic mass is 32.1. The van der Waals surface area contributed by atoms with Crippen LogP contribution in [0.15, 0.2) is 41.8 Å². The molecular formula is C20H26N2OS. The molecule has 0 atom stereocenters. The van der Waals surface area contributed by atoms with Gasteiger partial charge >= 0.3 is 6.03 Å². The van der Waals surface area contributed by atoms with E-state index in [1.807, 2.05) is 17.0 Å². The molecule has 1 heterocycles. The van der Waals surface area contributed by atoms with E-state index >= 15 is 0 Å². The Balaban J connectivity index is 1.61. The maximum atomic E-state index is 12.7. The lowest BCUT2D eigenvalue weighted by Gasteiger charge is -2.23. The van der Waals surface area contributed by atoms with E-state index in [0.717, 1.165) is 31.5 Å². The molecule has 1 aromatic carbocycles. The first-order chi connectivity index (χ1) is 11.4. The third-order valence-electron chi connectivity index (χ3n) is 4.43. The van der Waals surface area contributed by atoms with E-state index in [4.69, 9.17) is 0 Å². The monoisotopic (exact) mass is 342 g/mol. The Bertz CT molecular complexity index is 667. The summed E-state index contributed by atoms with van der Waals surface area (Å²) in [7, 11) is 0. The second-order valence-corrected chi connectivity index (χ2v) is 8.54. The van der Waals surface area contributed by atoms with E-state index in [0.29, 0.717) is 6.04 Å². The molecule has 1 N–H and O–H groups in total. The smallest absolute Gasteiger partial charge is 0.321 e. The normalized spacial score (nSPS) is 14.5. The van der Waals surface area contributed by atoms with Crippen LogP contribution in [0.2, 0.25) is 0 Å². The molecule has 1 aliphatic rings. The summed E-state index contributed by atoms with van der Waals surface area (Å²) in [6.07, 6.45) is 3.19. The highest BCUT2D eigenvalue weighted by Crippen LogP contribution is 2.28. The summed E-state index contributed by atoms with van der Waals surface area (Å²) in [5.41, 5.74) is 2.27. The van der Waals surface area contributed by atoms with Gasteiger partial charge in [-0.1, -0.05) is 39.0 Å². The molecule has 1 aromatic heterocycles. The molecule has 0 bridgehead atoms. The molecule has 1 fully saturated rings. The van der Waals surface area contributed by atoms with E-state index in [1.54, 1.807) is 11.3 Å². The molecule has 128 valence electrons. The van der Waals surface area contributed by atoms with Gasteiger partial charge in [0.05, 0.1) is 0 Å². The predicted octanol–water partition coefficient (Wildman–Crippen LogP) is 5.28. The maximum absolute atomic E-state index is 12.7. The number of hydrogen-bond donors (Lipinski definition) is 1. The molecule has 2 amide bonds. The van der Waals surface area contributed by atoms with Gasteiger partial charge in [-0.05, 0) is 53.8 Å². The van der Waals surface area contributed by atoms with E-state index < -0.39 is 0 Å². The third kappa shape index (κ3) is 4.38. The van der Waals surface area contributed by atoms with Gasteiger partial charge in [-0.3, -0.25) is 0 Å². The fourth-order valence-electron chi connectivity index (χ4n) is 2.77. The van der Waals surface area contributed by atoms with Gasteiger partial charge in [-0.25, -0.2) is 4.79 Å². The molecule has 1 saturated carbocycles. The summed E-state index contributed by atoms with van der Waals surface area (Å²) in [6, 6.07) is 12.9. The molecule has 3 rings (SSSR count). The van der Waals surface area contributed by atoms with E-state index in [2.05, 4.69) is 55.7 Å². The second-order valence-electron chi connectivity index (χ2n) is 7.51. The molecule has 2 aromatic rings. The van der Waals surface area contributed by atoms with Gasteiger partial charge in [0.15, 0.2) is 0 Å². The molecule has 3 nitrogen and oxygen atoms in total. The summed E-state index contributed by atoms with van der Waals surface area (Å²) in [6.45, 7) is 7.37. The molecule has 0 unspecified atom stereocenters. The van der Waals surface area contributed by atoms with Gasteiger partial charge in [0, 0.05) is 23.2 Å². The van der Waals surface area contributed by atoms with E-state index in [9.17, 15) is 4.79 Å². The Kier molecular flexibility index (Phi) is 4.95. The van der Waals surface area contributed by atoms with Gasteiger partial charge in [0.1, 0.15) is 0 Å². The second kappa shape index (κ2) is 6.98. The number of amides is 2. The summed E-state index contributed by atoms with van der Waals surface area (Å²) < 4.78 is 0. The Labute approximate surface area is 148 Å².